The zero-order chi connectivity index (χ0) is 22.7. The lowest BCUT2D eigenvalue weighted by molar-refractivity contribution is -0.130. The van der Waals surface area contributed by atoms with Crippen LogP contribution < -0.4 is 10.2 Å². The Bertz CT molecular complexity index is 1170. The Morgan fingerprint density at radius 2 is 2.16 bits per heavy atom. The minimum Gasteiger partial charge on any atom is -0.352 e. The average molecular weight is 430 g/mol. The maximum atomic E-state index is 12.3. The monoisotopic (exact) mass is 429 g/mol. The van der Waals surface area contributed by atoms with Crippen molar-refractivity contribution in [3.63, 3.8) is 0 Å². The Hall–Kier alpha value is -3.73. The summed E-state index contributed by atoms with van der Waals surface area (Å²) in [6.45, 7) is 2.98. The molecule has 2 atom stereocenters. The number of nitriles is 1. The molecule has 3 heterocycles. The molecule has 8 nitrogen and oxygen atoms in total. The van der Waals surface area contributed by atoms with Crippen molar-refractivity contribution in [3.8, 4) is 6.07 Å². The summed E-state index contributed by atoms with van der Waals surface area (Å²) in [7, 11) is 3.58. The molecule has 8 heteroatoms. The molecule has 2 unspecified atom stereocenters. The second-order valence-corrected chi connectivity index (χ2v) is 8.40. The van der Waals surface area contributed by atoms with Crippen LogP contribution in [0.1, 0.15) is 31.9 Å². The summed E-state index contributed by atoms with van der Waals surface area (Å²) in [6, 6.07) is 12.0. The fourth-order valence-electron chi connectivity index (χ4n) is 4.20. The third-order valence-corrected chi connectivity index (χ3v) is 6.11. The van der Waals surface area contributed by atoms with Crippen LogP contribution in [0.15, 0.2) is 42.7 Å². The first-order valence-electron chi connectivity index (χ1n) is 10.8. The van der Waals surface area contributed by atoms with E-state index in [1.54, 1.807) is 31.4 Å². The van der Waals surface area contributed by atoms with E-state index in [2.05, 4.69) is 33.2 Å². The first-order valence-corrected chi connectivity index (χ1v) is 10.8. The van der Waals surface area contributed by atoms with Gasteiger partial charge in [0.05, 0.1) is 11.7 Å². The Balaban J connectivity index is 1.59. The number of carbonyl (C=O) groups is 1. The zero-order valence-corrected chi connectivity index (χ0v) is 18.6. The number of fused-ring (bicyclic) bond motifs is 1. The van der Waals surface area contributed by atoms with Gasteiger partial charge in [-0.15, -0.1) is 0 Å². The Morgan fingerprint density at radius 3 is 2.94 bits per heavy atom. The van der Waals surface area contributed by atoms with E-state index >= 15 is 0 Å². The number of rotatable bonds is 5. The number of piperidine rings is 1. The zero-order valence-electron chi connectivity index (χ0n) is 18.6. The summed E-state index contributed by atoms with van der Waals surface area (Å²) in [5.74, 6) is 1.53. The van der Waals surface area contributed by atoms with Crippen molar-refractivity contribution in [2.24, 2.45) is 5.92 Å². The fraction of sp³-hybridized carbons (Fsp3) is 0.375. The Morgan fingerprint density at radius 1 is 1.31 bits per heavy atom. The third kappa shape index (κ3) is 4.47. The molecule has 2 aromatic heterocycles. The molecular weight excluding hydrogens is 402 g/mol. The fourth-order valence-corrected chi connectivity index (χ4v) is 4.20. The van der Waals surface area contributed by atoms with E-state index in [4.69, 9.17) is 4.98 Å². The molecule has 1 aliphatic rings. The van der Waals surface area contributed by atoms with Crippen LogP contribution in [0.4, 0.5) is 17.3 Å². The van der Waals surface area contributed by atoms with Gasteiger partial charge in [0.15, 0.2) is 11.5 Å². The molecule has 0 spiro atoms. The highest BCUT2D eigenvalue weighted by Gasteiger charge is 2.31. The molecule has 1 aromatic carbocycles. The van der Waals surface area contributed by atoms with Crippen molar-refractivity contribution in [1.82, 2.24) is 19.9 Å². The lowest BCUT2D eigenvalue weighted by Crippen LogP contribution is -2.45. The molecule has 1 N–H and O–H groups in total. The number of carbonyl (C=O) groups excluding carboxylic acids is 1. The maximum Gasteiger partial charge on any atom is 0.222 e. The van der Waals surface area contributed by atoms with Crippen molar-refractivity contribution >= 4 is 34.1 Å². The largest absolute Gasteiger partial charge is 0.352 e. The molecule has 0 radical (unpaired) electrons. The van der Waals surface area contributed by atoms with Gasteiger partial charge in [0.25, 0.3) is 0 Å². The van der Waals surface area contributed by atoms with Crippen molar-refractivity contribution < 1.29 is 4.79 Å². The van der Waals surface area contributed by atoms with E-state index in [0.717, 1.165) is 36.0 Å². The topological polar surface area (TPSA) is 98.0 Å². The van der Waals surface area contributed by atoms with Crippen molar-refractivity contribution in [1.29, 1.82) is 5.26 Å². The molecule has 1 fully saturated rings. The van der Waals surface area contributed by atoms with Crippen molar-refractivity contribution in [2.45, 2.75) is 32.2 Å². The summed E-state index contributed by atoms with van der Waals surface area (Å²) >= 11 is 0. The molecule has 1 saturated heterocycles. The molecule has 32 heavy (non-hydrogen) atoms. The summed E-state index contributed by atoms with van der Waals surface area (Å²) in [4.78, 5) is 29.6. The van der Waals surface area contributed by atoms with Gasteiger partial charge in [-0.3, -0.25) is 9.78 Å². The maximum absolute atomic E-state index is 12.3. The smallest absolute Gasteiger partial charge is 0.222 e. The molecule has 4 rings (SSSR count). The molecule has 164 valence electrons. The number of anilines is 3. The van der Waals surface area contributed by atoms with E-state index in [-0.39, 0.29) is 23.6 Å². The first-order chi connectivity index (χ1) is 15.5. The molecular formula is C24H27N7O. The van der Waals surface area contributed by atoms with Gasteiger partial charge in [0.1, 0.15) is 11.9 Å². The summed E-state index contributed by atoms with van der Waals surface area (Å²) in [5.41, 5.74) is 1.96. The number of benzene rings is 1. The van der Waals surface area contributed by atoms with Crippen LogP contribution in [0.5, 0.6) is 0 Å². The Kier molecular flexibility index (Phi) is 6.17. The van der Waals surface area contributed by atoms with Gasteiger partial charge >= 0.3 is 0 Å². The van der Waals surface area contributed by atoms with Crippen LogP contribution in [-0.2, 0) is 4.79 Å². The quantitative estimate of drug-likeness (QED) is 0.660. The molecule has 0 aliphatic carbocycles. The van der Waals surface area contributed by atoms with Crippen LogP contribution in [0.3, 0.4) is 0 Å². The van der Waals surface area contributed by atoms with E-state index in [1.807, 2.05) is 30.3 Å². The highest BCUT2D eigenvalue weighted by Crippen LogP contribution is 2.31. The molecule has 0 bridgehead atoms. The van der Waals surface area contributed by atoms with E-state index < -0.39 is 0 Å². The minimum absolute atomic E-state index is 0.141. The second-order valence-electron chi connectivity index (χ2n) is 8.40. The van der Waals surface area contributed by atoms with Crippen molar-refractivity contribution in [3.05, 3.63) is 48.4 Å². The van der Waals surface area contributed by atoms with Gasteiger partial charge in [0.2, 0.25) is 5.91 Å². The normalized spacial score (nSPS) is 18.2. The number of hydrogen-bond acceptors (Lipinski definition) is 7. The molecule has 1 aliphatic heterocycles. The van der Waals surface area contributed by atoms with Crippen LogP contribution >= 0.6 is 0 Å². The van der Waals surface area contributed by atoms with Crippen LogP contribution in [0, 0.1) is 17.2 Å². The predicted octanol–water partition coefficient (Wildman–Crippen LogP) is 3.72. The van der Waals surface area contributed by atoms with E-state index in [9.17, 15) is 10.1 Å². The lowest BCUT2D eigenvalue weighted by atomic mass is 9.87. The van der Waals surface area contributed by atoms with E-state index in [1.165, 1.54) is 0 Å². The second kappa shape index (κ2) is 9.18. The summed E-state index contributed by atoms with van der Waals surface area (Å²) in [5, 5.41) is 13.8. The van der Waals surface area contributed by atoms with E-state index in [0.29, 0.717) is 18.1 Å². The first kappa shape index (κ1) is 21.5. The van der Waals surface area contributed by atoms with Crippen LogP contribution in [0.2, 0.25) is 0 Å². The lowest BCUT2D eigenvalue weighted by Gasteiger charge is -2.40. The average Bonchev–Trinajstić information content (AvgIpc) is 2.80. The molecule has 1 amide bonds. The number of hydrogen-bond donors (Lipinski definition) is 1. The van der Waals surface area contributed by atoms with Gasteiger partial charge < -0.3 is 15.1 Å². The highest BCUT2D eigenvalue weighted by molar-refractivity contribution is 5.83. The van der Waals surface area contributed by atoms with Gasteiger partial charge in [0, 0.05) is 50.4 Å². The number of pyridine rings is 1. The SMILES string of the molecule is CC1C(CC(=O)N(C)C)CCCN1c1cnc(C#N)c(Nc2ccc3ncccc3c2)n1. The Labute approximate surface area is 187 Å². The van der Waals surface area contributed by atoms with Gasteiger partial charge in [-0.25, -0.2) is 9.97 Å². The number of aromatic nitrogens is 3. The van der Waals surface area contributed by atoms with Gasteiger partial charge in [-0.05, 0) is 49.9 Å². The number of nitrogens with zero attached hydrogens (tertiary/aromatic N) is 6. The number of amides is 1. The summed E-state index contributed by atoms with van der Waals surface area (Å²) in [6.07, 6.45) is 5.93. The number of nitrogens with one attached hydrogen (secondary N) is 1. The van der Waals surface area contributed by atoms with Crippen LogP contribution in [-0.4, -0.2) is 52.4 Å². The third-order valence-electron chi connectivity index (χ3n) is 6.11. The molecule has 0 saturated carbocycles. The predicted molar refractivity (Wildman–Crippen MR) is 125 cm³/mol. The standard InChI is InChI=1S/C24H27N7O/c1-16-17(13-23(32)30(2)3)7-5-11-31(16)22-15-27-21(14-25)24(29-22)28-19-8-9-20-18(12-19)6-4-10-26-20/h4,6,8-10,12,15-17H,5,7,11,13H2,1-3H3,(H,28,29). The minimum atomic E-state index is 0.141. The summed E-state index contributed by atoms with van der Waals surface area (Å²) < 4.78 is 0. The molecule has 3 aromatic rings. The van der Waals surface area contributed by atoms with Crippen LogP contribution in [0.25, 0.3) is 10.9 Å². The highest BCUT2D eigenvalue weighted by atomic mass is 16.2. The van der Waals surface area contributed by atoms with Gasteiger partial charge in [-0.2, -0.15) is 5.26 Å². The van der Waals surface area contributed by atoms with Gasteiger partial charge in [-0.1, -0.05) is 6.07 Å². The van der Waals surface area contributed by atoms with Crippen molar-refractivity contribution in [2.75, 3.05) is 30.9 Å².